The molecular weight excluding hydrogens is 240 g/mol. The van der Waals surface area contributed by atoms with Gasteiger partial charge in [0.15, 0.2) is 5.78 Å². The molecule has 0 aliphatic rings. The van der Waals surface area contributed by atoms with Gasteiger partial charge in [-0.15, -0.1) is 0 Å². The van der Waals surface area contributed by atoms with E-state index in [9.17, 15) is 9.59 Å². The van der Waals surface area contributed by atoms with Crippen LogP contribution in [0.4, 0.5) is 0 Å². The lowest BCUT2D eigenvalue weighted by atomic mass is 9.86. The Kier molecular flexibility index (Phi) is 6.20. The molecule has 0 spiro atoms. The number of hydrogen-bond acceptors (Lipinski definition) is 3. The van der Waals surface area contributed by atoms with Gasteiger partial charge in [0.05, 0.1) is 12.1 Å². The molecule has 4 nitrogen and oxygen atoms in total. The van der Waals surface area contributed by atoms with E-state index in [1.165, 1.54) is 6.92 Å². The number of nitrogens with one attached hydrogen (secondary N) is 1. The number of carbonyl (C=O) groups excluding carboxylic acids is 2. The summed E-state index contributed by atoms with van der Waals surface area (Å²) in [6, 6.07) is -1.01. The summed E-state index contributed by atoms with van der Waals surface area (Å²) >= 11 is 0. The predicted molar refractivity (Wildman–Crippen MR) is 78.7 cm³/mol. The van der Waals surface area contributed by atoms with Crippen LogP contribution in [0.2, 0.25) is 0 Å². The summed E-state index contributed by atoms with van der Waals surface area (Å²) in [4.78, 5) is 23.6. The van der Waals surface area contributed by atoms with Crippen LogP contribution in [-0.2, 0) is 9.59 Å². The first-order valence-electron chi connectivity index (χ1n) is 6.88. The summed E-state index contributed by atoms with van der Waals surface area (Å²) in [6.45, 7) is 13.8. The van der Waals surface area contributed by atoms with Crippen molar-refractivity contribution in [2.75, 3.05) is 0 Å². The van der Waals surface area contributed by atoms with E-state index in [0.29, 0.717) is 12.8 Å². The van der Waals surface area contributed by atoms with E-state index in [0.717, 1.165) is 0 Å². The Balaban J connectivity index is 4.60. The van der Waals surface area contributed by atoms with Gasteiger partial charge in [-0.05, 0) is 30.6 Å². The van der Waals surface area contributed by atoms with E-state index in [2.05, 4.69) is 5.32 Å². The number of hydrogen-bond donors (Lipinski definition) is 2. The minimum atomic E-state index is -0.568. The average molecular weight is 270 g/mol. The largest absolute Gasteiger partial charge is 0.345 e. The summed E-state index contributed by atoms with van der Waals surface area (Å²) in [7, 11) is 0. The van der Waals surface area contributed by atoms with E-state index in [1.807, 2.05) is 41.5 Å². The second-order valence-electron chi connectivity index (χ2n) is 7.81. The van der Waals surface area contributed by atoms with Crippen LogP contribution < -0.4 is 11.1 Å². The van der Waals surface area contributed by atoms with Crippen molar-refractivity contribution < 1.29 is 9.59 Å². The van der Waals surface area contributed by atoms with Gasteiger partial charge in [-0.2, -0.15) is 0 Å². The molecule has 1 unspecified atom stereocenters. The molecule has 0 fully saturated rings. The molecule has 3 N–H and O–H groups in total. The molecule has 0 heterocycles. The number of rotatable bonds is 5. The molecule has 0 radical (unpaired) electrons. The number of amides is 1. The molecule has 2 atom stereocenters. The van der Waals surface area contributed by atoms with Crippen molar-refractivity contribution >= 4 is 11.7 Å². The molecule has 4 heteroatoms. The first kappa shape index (κ1) is 18.1. The average Bonchev–Trinajstić information content (AvgIpc) is 2.11. The Morgan fingerprint density at radius 2 is 1.42 bits per heavy atom. The molecule has 112 valence electrons. The molecule has 0 aromatic rings. The maximum absolute atomic E-state index is 12.0. The number of ketones is 1. The number of nitrogens with two attached hydrogens (primary N) is 1. The van der Waals surface area contributed by atoms with Crippen LogP contribution >= 0.6 is 0 Å². The molecule has 0 aromatic heterocycles. The highest BCUT2D eigenvalue weighted by molar-refractivity contribution is 5.89. The van der Waals surface area contributed by atoms with Crippen molar-refractivity contribution in [1.82, 2.24) is 5.32 Å². The summed E-state index contributed by atoms with van der Waals surface area (Å²) < 4.78 is 0. The van der Waals surface area contributed by atoms with Crippen LogP contribution in [0.15, 0.2) is 0 Å². The molecular formula is C15H30N2O2. The van der Waals surface area contributed by atoms with Gasteiger partial charge in [0.2, 0.25) is 5.91 Å². The second kappa shape index (κ2) is 6.51. The fourth-order valence-electron chi connectivity index (χ4n) is 1.94. The summed E-state index contributed by atoms with van der Waals surface area (Å²) in [5, 5.41) is 2.78. The molecule has 0 saturated carbocycles. The van der Waals surface area contributed by atoms with Gasteiger partial charge in [-0.25, -0.2) is 0 Å². The van der Waals surface area contributed by atoms with Gasteiger partial charge in [-0.3, -0.25) is 9.59 Å². The molecule has 0 aliphatic carbocycles. The minimum absolute atomic E-state index is 0.00744. The molecule has 19 heavy (non-hydrogen) atoms. The lowest BCUT2D eigenvalue weighted by molar-refractivity contribution is -0.128. The van der Waals surface area contributed by atoms with Gasteiger partial charge >= 0.3 is 0 Å². The van der Waals surface area contributed by atoms with Crippen molar-refractivity contribution in [3.63, 3.8) is 0 Å². The molecule has 0 saturated heterocycles. The van der Waals surface area contributed by atoms with Crippen LogP contribution in [0.25, 0.3) is 0 Å². The summed E-state index contributed by atoms with van der Waals surface area (Å²) in [5.41, 5.74) is 5.87. The van der Waals surface area contributed by atoms with Gasteiger partial charge in [0, 0.05) is 0 Å². The van der Waals surface area contributed by atoms with E-state index in [1.54, 1.807) is 0 Å². The number of carbonyl (C=O) groups is 2. The first-order valence-corrected chi connectivity index (χ1v) is 6.88. The van der Waals surface area contributed by atoms with Crippen LogP contribution in [0.1, 0.15) is 61.3 Å². The minimum Gasteiger partial charge on any atom is -0.345 e. The Labute approximate surface area is 117 Å². The highest BCUT2D eigenvalue weighted by Gasteiger charge is 2.27. The fourth-order valence-corrected chi connectivity index (χ4v) is 1.94. The monoisotopic (exact) mass is 270 g/mol. The summed E-state index contributed by atoms with van der Waals surface area (Å²) in [5.74, 6) is -0.259. The quantitative estimate of drug-likeness (QED) is 0.805. The summed E-state index contributed by atoms with van der Waals surface area (Å²) in [6.07, 6.45) is 1.22. The molecule has 0 rings (SSSR count). The van der Waals surface area contributed by atoms with Gasteiger partial charge in [0.1, 0.15) is 0 Å². The van der Waals surface area contributed by atoms with Crippen molar-refractivity contribution in [2.45, 2.75) is 73.4 Å². The molecule has 0 aliphatic heterocycles. The zero-order valence-electron chi connectivity index (χ0n) is 13.5. The lowest BCUT2D eigenvalue weighted by Gasteiger charge is -2.27. The second-order valence-corrected chi connectivity index (χ2v) is 7.81. The topological polar surface area (TPSA) is 72.2 Å². The predicted octanol–water partition coefficient (Wildman–Crippen LogP) is 2.26. The Morgan fingerprint density at radius 3 is 1.74 bits per heavy atom. The van der Waals surface area contributed by atoms with E-state index in [-0.39, 0.29) is 22.5 Å². The highest BCUT2D eigenvalue weighted by atomic mass is 16.2. The van der Waals surface area contributed by atoms with Crippen LogP contribution in [0, 0.1) is 10.8 Å². The normalized spacial score (nSPS) is 15.8. The number of Topliss-reactive ketones (excluding diaryl/α,β-unsaturated/α-hetero) is 1. The van der Waals surface area contributed by atoms with Crippen LogP contribution in [0.3, 0.4) is 0 Å². The van der Waals surface area contributed by atoms with E-state index < -0.39 is 12.1 Å². The zero-order valence-corrected chi connectivity index (χ0v) is 13.5. The Hall–Kier alpha value is -0.900. The maximum Gasteiger partial charge on any atom is 0.237 e. The van der Waals surface area contributed by atoms with Crippen molar-refractivity contribution in [1.29, 1.82) is 0 Å². The smallest absolute Gasteiger partial charge is 0.237 e. The lowest BCUT2D eigenvalue weighted by Crippen LogP contribution is -2.50. The van der Waals surface area contributed by atoms with Crippen LogP contribution in [0.5, 0.6) is 0 Å². The van der Waals surface area contributed by atoms with E-state index in [4.69, 9.17) is 5.73 Å². The molecule has 1 amide bonds. The standard InChI is InChI=1S/C15H30N2O2/c1-10(18)12(9-15(5,6)7)17-13(19)11(16)8-14(2,3)4/h11-12H,8-9,16H2,1-7H3,(H,17,19)/t11-,12?/m1/s1. The zero-order chi connectivity index (χ0) is 15.4. The van der Waals surface area contributed by atoms with E-state index >= 15 is 0 Å². The van der Waals surface area contributed by atoms with Crippen molar-refractivity contribution in [3.05, 3.63) is 0 Å². The third kappa shape index (κ3) is 8.76. The maximum atomic E-state index is 12.0. The van der Waals surface area contributed by atoms with Crippen LogP contribution in [-0.4, -0.2) is 23.8 Å². The van der Waals surface area contributed by atoms with Gasteiger partial charge in [0.25, 0.3) is 0 Å². The van der Waals surface area contributed by atoms with Gasteiger partial charge in [-0.1, -0.05) is 41.5 Å². The molecule has 0 bridgehead atoms. The van der Waals surface area contributed by atoms with Gasteiger partial charge < -0.3 is 11.1 Å². The first-order chi connectivity index (χ1) is 8.32. The third-order valence-electron chi connectivity index (χ3n) is 2.79. The SMILES string of the molecule is CC(=O)C(CC(C)(C)C)NC(=O)[C@H](N)CC(C)(C)C. The fraction of sp³-hybridized carbons (Fsp3) is 0.867. The Morgan fingerprint density at radius 1 is 1.00 bits per heavy atom. The Bertz CT molecular complexity index is 324. The van der Waals surface area contributed by atoms with Crippen molar-refractivity contribution in [2.24, 2.45) is 16.6 Å². The van der Waals surface area contributed by atoms with Crippen molar-refractivity contribution in [3.8, 4) is 0 Å². The highest BCUT2D eigenvalue weighted by Crippen LogP contribution is 2.22. The third-order valence-corrected chi connectivity index (χ3v) is 2.79. The molecule has 0 aromatic carbocycles.